The molecule has 2 aromatic rings. The molecule has 2 heterocycles. The van der Waals surface area contributed by atoms with E-state index < -0.39 is 10.0 Å². The van der Waals surface area contributed by atoms with Crippen molar-refractivity contribution in [3.8, 4) is 0 Å². The molecule has 1 aliphatic rings. The summed E-state index contributed by atoms with van der Waals surface area (Å²) in [7, 11) is -3.42. The Balaban J connectivity index is 1.43. The van der Waals surface area contributed by atoms with Crippen LogP contribution in [0, 0.1) is 0 Å². The molecule has 0 unspecified atom stereocenters. The van der Waals surface area contributed by atoms with Crippen molar-refractivity contribution in [2.45, 2.75) is 0 Å². The van der Waals surface area contributed by atoms with Gasteiger partial charge in [-0.1, -0.05) is 30.3 Å². The predicted molar refractivity (Wildman–Crippen MR) is 108 cm³/mol. The highest BCUT2D eigenvalue weighted by Crippen LogP contribution is 2.12. The standard InChI is InChI=1S/C19H23N5O3S/c25-18(8-7-17-5-2-1-3-6-17)20-11-16-28(26,27)24-14-12-23(13-15-24)19-21-9-4-10-22-19/h1-10H,11-16H2,(H,20,25)/b8-7-. The van der Waals surface area contributed by atoms with Crippen LogP contribution in [-0.2, 0) is 14.8 Å². The van der Waals surface area contributed by atoms with Crippen LogP contribution < -0.4 is 10.2 Å². The van der Waals surface area contributed by atoms with Crippen LogP contribution in [0.2, 0.25) is 0 Å². The minimum absolute atomic E-state index is 0.0717. The molecule has 0 radical (unpaired) electrons. The molecule has 28 heavy (non-hydrogen) atoms. The second-order valence-corrected chi connectivity index (χ2v) is 8.37. The lowest BCUT2D eigenvalue weighted by molar-refractivity contribution is -0.116. The first-order chi connectivity index (χ1) is 13.5. The summed E-state index contributed by atoms with van der Waals surface area (Å²) in [6.45, 7) is 1.90. The molecule has 0 spiro atoms. The minimum atomic E-state index is -3.42. The number of carbonyl (C=O) groups is 1. The summed E-state index contributed by atoms with van der Waals surface area (Å²) in [6, 6.07) is 11.2. The number of anilines is 1. The second-order valence-electron chi connectivity index (χ2n) is 6.29. The van der Waals surface area contributed by atoms with Crippen molar-refractivity contribution in [3.05, 3.63) is 60.4 Å². The Morgan fingerprint density at radius 1 is 1.04 bits per heavy atom. The zero-order valence-electron chi connectivity index (χ0n) is 15.4. The Hall–Kier alpha value is -2.78. The number of nitrogens with one attached hydrogen (secondary N) is 1. The van der Waals surface area contributed by atoms with Crippen LogP contribution in [0.5, 0.6) is 0 Å². The normalized spacial score (nSPS) is 15.6. The van der Waals surface area contributed by atoms with Crippen molar-refractivity contribution in [2.75, 3.05) is 43.4 Å². The number of carbonyl (C=O) groups excluding carboxylic acids is 1. The van der Waals surface area contributed by atoms with Crippen molar-refractivity contribution < 1.29 is 13.2 Å². The Morgan fingerprint density at radius 3 is 2.39 bits per heavy atom. The van der Waals surface area contributed by atoms with Crippen LogP contribution in [0.4, 0.5) is 5.95 Å². The van der Waals surface area contributed by atoms with Gasteiger partial charge in [0.25, 0.3) is 0 Å². The number of amides is 1. The van der Waals surface area contributed by atoms with Gasteiger partial charge >= 0.3 is 0 Å². The first-order valence-electron chi connectivity index (χ1n) is 9.05. The number of aromatic nitrogens is 2. The number of hydrogen-bond donors (Lipinski definition) is 1. The van der Waals surface area contributed by atoms with E-state index in [1.165, 1.54) is 10.4 Å². The van der Waals surface area contributed by atoms with Crippen LogP contribution in [0.1, 0.15) is 5.56 Å². The molecule has 9 heteroatoms. The quantitative estimate of drug-likeness (QED) is 0.688. The topological polar surface area (TPSA) is 95.5 Å². The van der Waals surface area contributed by atoms with Gasteiger partial charge in [-0.2, -0.15) is 4.31 Å². The van der Waals surface area contributed by atoms with Crippen molar-refractivity contribution in [2.24, 2.45) is 0 Å². The number of hydrogen-bond acceptors (Lipinski definition) is 6. The predicted octanol–water partition coefficient (Wildman–Crippen LogP) is 0.758. The van der Waals surface area contributed by atoms with E-state index in [9.17, 15) is 13.2 Å². The molecule has 0 saturated carbocycles. The fraction of sp³-hybridized carbons (Fsp3) is 0.316. The Bertz CT molecular complexity index is 896. The average molecular weight is 401 g/mol. The lowest BCUT2D eigenvalue weighted by Crippen LogP contribution is -2.50. The minimum Gasteiger partial charge on any atom is -0.351 e. The van der Waals surface area contributed by atoms with E-state index in [2.05, 4.69) is 15.3 Å². The monoisotopic (exact) mass is 401 g/mol. The number of benzene rings is 1. The first-order valence-corrected chi connectivity index (χ1v) is 10.7. The SMILES string of the molecule is O=C(/C=C\c1ccccc1)NCCS(=O)(=O)N1CCN(c2ncccn2)CC1. The average Bonchev–Trinajstić information content (AvgIpc) is 2.74. The maximum absolute atomic E-state index is 12.5. The number of rotatable bonds is 7. The van der Waals surface area contributed by atoms with E-state index in [1.807, 2.05) is 35.2 Å². The van der Waals surface area contributed by atoms with E-state index in [0.717, 1.165) is 5.56 Å². The van der Waals surface area contributed by atoms with Crippen molar-refractivity contribution in [1.82, 2.24) is 19.6 Å². The Kier molecular flexibility index (Phi) is 6.72. The maximum Gasteiger partial charge on any atom is 0.244 e. The molecule has 0 aliphatic carbocycles. The summed E-state index contributed by atoms with van der Waals surface area (Å²) in [4.78, 5) is 22.2. The fourth-order valence-electron chi connectivity index (χ4n) is 2.85. The highest BCUT2D eigenvalue weighted by Gasteiger charge is 2.27. The molecule has 1 aromatic heterocycles. The van der Waals surface area contributed by atoms with Gasteiger partial charge < -0.3 is 10.2 Å². The molecule has 0 atom stereocenters. The van der Waals surface area contributed by atoms with Crippen LogP contribution in [0.15, 0.2) is 54.9 Å². The number of piperazine rings is 1. The van der Waals surface area contributed by atoms with Gasteiger partial charge in [0.05, 0.1) is 5.75 Å². The van der Waals surface area contributed by atoms with Crippen LogP contribution in [0.25, 0.3) is 6.08 Å². The summed E-state index contributed by atoms with van der Waals surface area (Å²) >= 11 is 0. The summed E-state index contributed by atoms with van der Waals surface area (Å²) in [5.74, 6) is 0.168. The van der Waals surface area contributed by atoms with Crippen LogP contribution >= 0.6 is 0 Å². The smallest absolute Gasteiger partial charge is 0.244 e. The molecule has 1 fully saturated rings. The third kappa shape index (κ3) is 5.61. The van der Waals surface area contributed by atoms with Crippen molar-refractivity contribution in [1.29, 1.82) is 0 Å². The van der Waals surface area contributed by atoms with Crippen LogP contribution in [-0.4, -0.2) is 67.1 Å². The molecule has 1 amide bonds. The molecular formula is C19H23N5O3S. The summed E-state index contributed by atoms with van der Waals surface area (Å²) in [5.41, 5.74) is 0.908. The van der Waals surface area contributed by atoms with Gasteiger partial charge in [0.15, 0.2) is 0 Å². The summed E-state index contributed by atoms with van der Waals surface area (Å²) < 4.78 is 26.4. The summed E-state index contributed by atoms with van der Waals surface area (Å²) in [5, 5.41) is 2.62. The van der Waals surface area contributed by atoms with E-state index in [4.69, 9.17) is 0 Å². The van der Waals surface area contributed by atoms with Gasteiger partial charge in [0.2, 0.25) is 21.9 Å². The van der Waals surface area contributed by atoms with Gasteiger partial charge in [-0.05, 0) is 17.7 Å². The third-order valence-electron chi connectivity index (χ3n) is 4.35. The lowest BCUT2D eigenvalue weighted by Gasteiger charge is -2.33. The molecule has 0 bridgehead atoms. The molecule has 1 saturated heterocycles. The van der Waals surface area contributed by atoms with E-state index in [1.54, 1.807) is 24.5 Å². The second kappa shape index (κ2) is 9.43. The molecule has 8 nitrogen and oxygen atoms in total. The molecule has 1 aromatic carbocycles. The van der Waals surface area contributed by atoms with Gasteiger partial charge in [-0.3, -0.25) is 4.79 Å². The van der Waals surface area contributed by atoms with Crippen molar-refractivity contribution in [3.63, 3.8) is 0 Å². The zero-order chi connectivity index (χ0) is 19.8. The molecule has 1 N–H and O–H groups in total. The van der Waals surface area contributed by atoms with Gasteiger partial charge in [0.1, 0.15) is 0 Å². The largest absolute Gasteiger partial charge is 0.351 e. The van der Waals surface area contributed by atoms with Gasteiger partial charge in [-0.15, -0.1) is 0 Å². The maximum atomic E-state index is 12.5. The third-order valence-corrected chi connectivity index (χ3v) is 6.22. The lowest BCUT2D eigenvalue weighted by atomic mass is 10.2. The molecule has 1 aliphatic heterocycles. The summed E-state index contributed by atoms with van der Waals surface area (Å²) in [6.07, 6.45) is 6.43. The highest BCUT2D eigenvalue weighted by atomic mass is 32.2. The molecular weight excluding hydrogens is 378 g/mol. The number of sulfonamides is 1. The Morgan fingerprint density at radius 2 is 1.71 bits per heavy atom. The first kappa shape index (κ1) is 20.0. The molecule has 3 rings (SSSR count). The van der Waals surface area contributed by atoms with E-state index >= 15 is 0 Å². The number of nitrogens with zero attached hydrogens (tertiary/aromatic N) is 4. The Labute approximate surface area is 165 Å². The fourth-order valence-corrected chi connectivity index (χ4v) is 4.19. The van der Waals surface area contributed by atoms with E-state index in [-0.39, 0.29) is 18.2 Å². The van der Waals surface area contributed by atoms with Gasteiger partial charge in [0, 0.05) is 51.2 Å². The molecule has 148 valence electrons. The van der Waals surface area contributed by atoms with Gasteiger partial charge in [-0.25, -0.2) is 18.4 Å². The highest BCUT2D eigenvalue weighted by molar-refractivity contribution is 7.89. The zero-order valence-corrected chi connectivity index (χ0v) is 16.3. The van der Waals surface area contributed by atoms with Crippen LogP contribution in [0.3, 0.4) is 0 Å². The van der Waals surface area contributed by atoms with E-state index in [0.29, 0.717) is 32.1 Å². The van der Waals surface area contributed by atoms with Crippen molar-refractivity contribution >= 4 is 28.0 Å².